The molecule has 0 saturated heterocycles. The Kier molecular flexibility index (Phi) is 1.15. The molecule has 56 valence electrons. The fourth-order valence-corrected chi connectivity index (χ4v) is 1.16. The van der Waals surface area contributed by atoms with Crippen molar-refractivity contribution >= 4 is 11.7 Å². The number of aromatic nitrogens is 2. The van der Waals surface area contributed by atoms with E-state index in [9.17, 15) is 4.79 Å². The number of nitrogens with one attached hydrogen (secondary N) is 1. The van der Waals surface area contributed by atoms with Crippen LogP contribution in [-0.2, 0) is 11.2 Å². The summed E-state index contributed by atoms with van der Waals surface area (Å²) in [5.74, 6) is 0.672. The quantitative estimate of drug-likeness (QED) is 0.576. The minimum Gasteiger partial charge on any atom is -0.310 e. The Labute approximate surface area is 63.7 Å². The SMILES string of the molecule is Cc1ncnc2c1CC(=O)N2. The lowest BCUT2D eigenvalue weighted by Gasteiger charge is -1.97. The van der Waals surface area contributed by atoms with Crippen LogP contribution in [0.5, 0.6) is 0 Å². The van der Waals surface area contributed by atoms with Gasteiger partial charge in [-0.05, 0) is 6.92 Å². The standard InChI is InChI=1S/C7H7N3O/c1-4-5-2-6(11)10-7(5)9-3-8-4/h3H,2H2,1H3,(H,8,9,10,11). The van der Waals surface area contributed by atoms with E-state index in [4.69, 9.17) is 0 Å². The van der Waals surface area contributed by atoms with Gasteiger partial charge in [0.25, 0.3) is 0 Å². The molecule has 0 aromatic carbocycles. The first-order valence-electron chi connectivity index (χ1n) is 3.37. The molecule has 0 aliphatic carbocycles. The smallest absolute Gasteiger partial charge is 0.230 e. The summed E-state index contributed by atoms with van der Waals surface area (Å²) in [6, 6.07) is 0. The molecule has 1 amide bonds. The molecule has 0 bridgehead atoms. The molecule has 11 heavy (non-hydrogen) atoms. The third-order valence-corrected chi connectivity index (χ3v) is 1.76. The van der Waals surface area contributed by atoms with E-state index in [0.717, 1.165) is 11.3 Å². The lowest BCUT2D eigenvalue weighted by atomic mass is 10.2. The summed E-state index contributed by atoms with van der Waals surface area (Å²) >= 11 is 0. The van der Waals surface area contributed by atoms with Crippen LogP contribution in [0.4, 0.5) is 5.82 Å². The minimum atomic E-state index is 0.00333. The minimum absolute atomic E-state index is 0.00333. The van der Waals surface area contributed by atoms with Crippen LogP contribution < -0.4 is 5.32 Å². The highest BCUT2D eigenvalue weighted by atomic mass is 16.1. The van der Waals surface area contributed by atoms with Crippen LogP contribution in [0.25, 0.3) is 0 Å². The van der Waals surface area contributed by atoms with Gasteiger partial charge in [0.1, 0.15) is 12.1 Å². The topological polar surface area (TPSA) is 54.9 Å². The largest absolute Gasteiger partial charge is 0.310 e. The Balaban J connectivity index is 2.57. The number of carbonyl (C=O) groups is 1. The predicted octanol–water partition coefficient (Wildman–Crippen LogP) is 0.280. The second kappa shape index (κ2) is 2.02. The van der Waals surface area contributed by atoms with Gasteiger partial charge in [-0.15, -0.1) is 0 Å². The molecule has 0 atom stereocenters. The van der Waals surface area contributed by atoms with Crippen LogP contribution >= 0.6 is 0 Å². The Morgan fingerprint density at radius 1 is 1.55 bits per heavy atom. The first kappa shape index (κ1) is 6.27. The van der Waals surface area contributed by atoms with Gasteiger partial charge in [-0.3, -0.25) is 4.79 Å². The van der Waals surface area contributed by atoms with Gasteiger partial charge < -0.3 is 5.32 Å². The molecule has 1 aliphatic heterocycles. The molecule has 1 N–H and O–H groups in total. The summed E-state index contributed by atoms with van der Waals surface area (Å²) in [5.41, 5.74) is 1.81. The maximum Gasteiger partial charge on any atom is 0.230 e. The predicted molar refractivity (Wildman–Crippen MR) is 39.1 cm³/mol. The van der Waals surface area contributed by atoms with Gasteiger partial charge in [0.2, 0.25) is 5.91 Å². The van der Waals surface area contributed by atoms with E-state index in [-0.39, 0.29) is 5.91 Å². The van der Waals surface area contributed by atoms with E-state index in [1.54, 1.807) is 0 Å². The molecule has 2 heterocycles. The van der Waals surface area contributed by atoms with E-state index in [1.165, 1.54) is 6.33 Å². The van der Waals surface area contributed by atoms with Crippen molar-refractivity contribution in [2.24, 2.45) is 0 Å². The van der Waals surface area contributed by atoms with Crippen LogP contribution in [-0.4, -0.2) is 15.9 Å². The van der Waals surface area contributed by atoms with Crippen molar-refractivity contribution in [2.75, 3.05) is 5.32 Å². The molecule has 2 rings (SSSR count). The first-order valence-corrected chi connectivity index (χ1v) is 3.37. The molecule has 4 nitrogen and oxygen atoms in total. The summed E-state index contributed by atoms with van der Waals surface area (Å²) in [6.45, 7) is 1.88. The zero-order chi connectivity index (χ0) is 7.84. The maximum absolute atomic E-state index is 10.9. The number of hydrogen-bond acceptors (Lipinski definition) is 3. The van der Waals surface area contributed by atoms with E-state index in [0.29, 0.717) is 12.2 Å². The molecule has 0 radical (unpaired) electrons. The van der Waals surface area contributed by atoms with E-state index < -0.39 is 0 Å². The van der Waals surface area contributed by atoms with Gasteiger partial charge in [0.15, 0.2) is 0 Å². The van der Waals surface area contributed by atoms with Crippen LogP contribution in [0.15, 0.2) is 6.33 Å². The maximum atomic E-state index is 10.9. The van der Waals surface area contributed by atoms with E-state index >= 15 is 0 Å². The third-order valence-electron chi connectivity index (χ3n) is 1.76. The number of rotatable bonds is 0. The van der Waals surface area contributed by atoms with Crippen LogP contribution in [0, 0.1) is 6.92 Å². The number of hydrogen-bond donors (Lipinski definition) is 1. The molecular formula is C7H7N3O. The summed E-state index contributed by atoms with van der Waals surface area (Å²) < 4.78 is 0. The summed E-state index contributed by atoms with van der Waals surface area (Å²) in [5, 5.41) is 2.65. The van der Waals surface area contributed by atoms with Gasteiger partial charge >= 0.3 is 0 Å². The Hall–Kier alpha value is -1.45. The molecular weight excluding hydrogens is 142 g/mol. The zero-order valence-corrected chi connectivity index (χ0v) is 6.09. The highest BCUT2D eigenvalue weighted by Crippen LogP contribution is 2.20. The number of amides is 1. The van der Waals surface area contributed by atoms with Crippen molar-refractivity contribution in [3.05, 3.63) is 17.6 Å². The molecule has 0 spiro atoms. The van der Waals surface area contributed by atoms with Crippen molar-refractivity contribution < 1.29 is 4.79 Å². The Morgan fingerprint density at radius 3 is 3.09 bits per heavy atom. The number of carbonyl (C=O) groups excluding carboxylic acids is 1. The van der Waals surface area contributed by atoms with Crippen molar-refractivity contribution in [3.8, 4) is 0 Å². The van der Waals surface area contributed by atoms with Crippen molar-refractivity contribution in [1.29, 1.82) is 0 Å². The summed E-state index contributed by atoms with van der Waals surface area (Å²) in [4.78, 5) is 18.8. The normalized spacial score (nSPS) is 14.5. The van der Waals surface area contributed by atoms with Gasteiger partial charge in [-0.2, -0.15) is 0 Å². The number of fused-ring (bicyclic) bond motifs is 1. The van der Waals surface area contributed by atoms with E-state index in [1.807, 2.05) is 6.92 Å². The second-order valence-electron chi connectivity index (χ2n) is 2.51. The highest BCUT2D eigenvalue weighted by molar-refractivity contribution is 5.98. The highest BCUT2D eigenvalue weighted by Gasteiger charge is 2.20. The number of aryl methyl sites for hydroxylation is 1. The lowest BCUT2D eigenvalue weighted by molar-refractivity contribution is -0.115. The van der Waals surface area contributed by atoms with Gasteiger partial charge in [-0.25, -0.2) is 9.97 Å². The third kappa shape index (κ3) is 0.869. The molecule has 0 saturated carbocycles. The first-order chi connectivity index (χ1) is 5.27. The summed E-state index contributed by atoms with van der Waals surface area (Å²) in [6.07, 6.45) is 1.88. The van der Waals surface area contributed by atoms with Crippen LogP contribution in [0.1, 0.15) is 11.3 Å². The molecule has 0 unspecified atom stereocenters. The van der Waals surface area contributed by atoms with Crippen LogP contribution in [0.2, 0.25) is 0 Å². The van der Waals surface area contributed by atoms with Crippen molar-refractivity contribution in [2.45, 2.75) is 13.3 Å². The Bertz CT molecular complexity index is 321. The molecule has 0 fully saturated rings. The average Bonchev–Trinajstić information content (AvgIpc) is 2.31. The molecule has 4 heteroatoms. The molecule has 1 aliphatic rings. The average molecular weight is 149 g/mol. The van der Waals surface area contributed by atoms with Gasteiger partial charge in [0, 0.05) is 11.3 Å². The molecule has 1 aromatic rings. The van der Waals surface area contributed by atoms with E-state index in [2.05, 4.69) is 15.3 Å². The van der Waals surface area contributed by atoms with Crippen molar-refractivity contribution in [1.82, 2.24) is 9.97 Å². The van der Waals surface area contributed by atoms with Gasteiger partial charge in [-0.1, -0.05) is 0 Å². The second-order valence-corrected chi connectivity index (χ2v) is 2.51. The monoisotopic (exact) mass is 149 g/mol. The lowest BCUT2D eigenvalue weighted by Crippen LogP contribution is -2.04. The number of nitrogens with zero attached hydrogens (tertiary/aromatic N) is 2. The van der Waals surface area contributed by atoms with Crippen LogP contribution in [0.3, 0.4) is 0 Å². The fourth-order valence-electron chi connectivity index (χ4n) is 1.16. The zero-order valence-electron chi connectivity index (χ0n) is 6.09. The Morgan fingerprint density at radius 2 is 2.36 bits per heavy atom. The number of anilines is 1. The fraction of sp³-hybridized carbons (Fsp3) is 0.286. The van der Waals surface area contributed by atoms with Crippen molar-refractivity contribution in [3.63, 3.8) is 0 Å². The summed E-state index contributed by atoms with van der Waals surface area (Å²) in [7, 11) is 0. The van der Waals surface area contributed by atoms with Gasteiger partial charge in [0.05, 0.1) is 6.42 Å². The molecule has 1 aromatic heterocycles.